The van der Waals surface area contributed by atoms with Crippen LogP contribution < -0.4 is 16.2 Å². The molecule has 1 aromatic rings. The lowest BCUT2D eigenvalue weighted by Crippen LogP contribution is -2.28. The second-order valence-corrected chi connectivity index (χ2v) is 3.44. The Balaban J connectivity index is 2.83. The lowest BCUT2D eigenvalue weighted by atomic mass is 10.4. The van der Waals surface area contributed by atoms with Gasteiger partial charge in [0, 0.05) is 32.6 Å². The molecular weight excluding hydrogens is 204 g/mol. The molecule has 0 saturated carbocycles. The number of hydrogen-bond donors (Lipinski definition) is 1. The smallest absolute Gasteiger partial charge is 0.268 e. The van der Waals surface area contributed by atoms with Crippen molar-refractivity contribution >= 4 is 5.69 Å². The molecule has 86 valence electrons. The minimum atomic E-state index is -0.142. The van der Waals surface area contributed by atoms with Crippen LogP contribution in [0.2, 0.25) is 0 Å². The maximum atomic E-state index is 11.6. The van der Waals surface area contributed by atoms with Gasteiger partial charge in [-0.05, 0) is 0 Å². The Hall–Kier alpha value is -1.80. The van der Waals surface area contributed by atoms with Gasteiger partial charge in [-0.2, -0.15) is 5.10 Å². The Labute approximate surface area is 94.9 Å². The van der Waals surface area contributed by atoms with Crippen LogP contribution in [0.25, 0.3) is 0 Å². The van der Waals surface area contributed by atoms with Crippen molar-refractivity contribution in [3.8, 4) is 12.3 Å². The van der Waals surface area contributed by atoms with Gasteiger partial charge in [-0.25, -0.2) is 4.68 Å². The van der Waals surface area contributed by atoms with E-state index in [0.29, 0.717) is 26.1 Å². The Bertz CT molecular complexity index is 432. The molecule has 0 aliphatic carbocycles. The summed E-state index contributed by atoms with van der Waals surface area (Å²) in [5, 5.41) is 4.05. The van der Waals surface area contributed by atoms with E-state index in [2.05, 4.69) is 11.0 Å². The first-order chi connectivity index (χ1) is 7.69. The van der Waals surface area contributed by atoms with Crippen LogP contribution in [0.1, 0.15) is 6.42 Å². The van der Waals surface area contributed by atoms with E-state index in [1.165, 1.54) is 4.68 Å². The standard InChI is InChI=1S/C11H16N4O/c1-3-4-6-15-11(16)8-10(9-13-15)14(2)7-5-12/h1,8-9H,4-7,12H2,2H3. The zero-order chi connectivity index (χ0) is 12.0. The number of terminal acetylenes is 1. The van der Waals surface area contributed by atoms with Crippen LogP contribution in [0.4, 0.5) is 5.69 Å². The second-order valence-electron chi connectivity index (χ2n) is 3.44. The van der Waals surface area contributed by atoms with Gasteiger partial charge in [0.05, 0.1) is 18.4 Å². The van der Waals surface area contributed by atoms with Gasteiger partial charge in [0.1, 0.15) is 0 Å². The van der Waals surface area contributed by atoms with Gasteiger partial charge >= 0.3 is 0 Å². The van der Waals surface area contributed by atoms with Crippen LogP contribution in [0.15, 0.2) is 17.1 Å². The molecule has 0 fully saturated rings. The summed E-state index contributed by atoms with van der Waals surface area (Å²) in [4.78, 5) is 13.5. The molecule has 1 rings (SSSR count). The number of aromatic nitrogens is 2. The first kappa shape index (κ1) is 12.3. The molecule has 0 aliphatic heterocycles. The molecule has 5 heteroatoms. The average molecular weight is 220 g/mol. The first-order valence-corrected chi connectivity index (χ1v) is 5.11. The molecule has 0 aromatic carbocycles. The predicted octanol–water partition coefficient (Wildman–Crippen LogP) is -0.338. The van der Waals surface area contributed by atoms with Crippen LogP contribution in [0.3, 0.4) is 0 Å². The van der Waals surface area contributed by atoms with Crippen LogP contribution >= 0.6 is 0 Å². The van der Waals surface area contributed by atoms with Crippen molar-refractivity contribution in [1.29, 1.82) is 0 Å². The van der Waals surface area contributed by atoms with Gasteiger partial charge in [-0.15, -0.1) is 12.3 Å². The summed E-state index contributed by atoms with van der Waals surface area (Å²) in [5.74, 6) is 2.47. The van der Waals surface area contributed by atoms with E-state index in [9.17, 15) is 4.79 Å². The van der Waals surface area contributed by atoms with Gasteiger partial charge < -0.3 is 10.6 Å². The molecule has 0 unspecified atom stereocenters. The van der Waals surface area contributed by atoms with E-state index in [1.54, 1.807) is 12.3 Å². The summed E-state index contributed by atoms with van der Waals surface area (Å²) < 4.78 is 1.36. The minimum absolute atomic E-state index is 0.142. The SMILES string of the molecule is C#CCCn1ncc(N(C)CCN)cc1=O. The molecular formula is C11H16N4O. The van der Waals surface area contributed by atoms with E-state index in [1.807, 2.05) is 11.9 Å². The molecule has 0 amide bonds. The Morgan fingerprint density at radius 1 is 1.69 bits per heavy atom. The lowest BCUT2D eigenvalue weighted by molar-refractivity contribution is 0.589. The Morgan fingerprint density at radius 3 is 3.00 bits per heavy atom. The number of likely N-dealkylation sites (N-methyl/N-ethyl adjacent to an activating group) is 1. The summed E-state index contributed by atoms with van der Waals surface area (Å²) in [6, 6.07) is 1.54. The topological polar surface area (TPSA) is 64.2 Å². The molecule has 1 aromatic heterocycles. The number of aryl methyl sites for hydroxylation is 1. The molecule has 16 heavy (non-hydrogen) atoms. The van der Waals surface area contributed by atoms with Crippen molar-refractivity contribution < 1.29 is 0 Å². The maximum absolute atomic E-state index is 11.6. The van der Waals surface area contributed by atoms with Gasteiger partial charge in [-0.1, -0.05) is 0 Å². The highest BCUT2D eigenvalue weighted by Crippen LogP contribution is 2.05. The zero-order valence-corrected chi connectivity index (χ0v) is 9.39. The van der Waals surface area contributed by atoms with E-state index >= 15 is 0 Å². The fourth-order valence-corrected chi connectivity index (χ4v) is 1.29. The quantitative estimate of drug-likeness (QED) is 0.690. The molecule has 2 N–H and O–H groups in total. The highest BCUT2D eigenvalue weighted by molar-refractivity contribution is 5.41. The molecule has 0 spiro atoms. The van der Waals surface area contributed by atoms with E-state index < -0.39 is 0 Å². The second kappa shape index (κ2) is 5.93. The summed E-state index contributed by atoms with van der Waals surface area (Å²) >= 11 is 0. The molecule has 0 aliphatic rings. The molecule has 0 bridgehead atoms. The molecule has 0 radical (unpaired) electrons. The van der Waals surface area contributed by atoms with Crippen molar-refractivity contribution in [2.24, 2.45) is 5.73 Å². The first-order valence-electron chi connectivity index (χ1n) is 5.11. The molecule has 5 nitrogen and oxygen atoms in total. The van der Waals surface area contributed by atoms with Crippen molar-refractivity contribution in [1.82, 2.24) is 9.78 Å². The van der Waals surface area contributed by atoms with E-state index in [4.69, 9.17) is 12.2 Å². The summed E-state index contributed by atoms with van der Waals surface area (Å²) in [6.45, 7) is 1.68. The number of rotatable bonds is 5. The van der Waals surface area contributed by atoms with Gasteiger partial charge in [0.25, 0.3) is 5.56 Å². The number of anilines is 1. The van der Waals surface area contributed by atoms with Crippen LogP contribution in [-0.2, 0) is 6.54 Å². The largest absolute Gasteiger partial charge is 0.372 e. The third-order valence-electron chi connectivity index (χ3n) is 2.23. The van der Waals surface area contributed by atoms with Crippen molar-refractivity contribution in [3.63, 3.8) is 0 Å². The summed E-state index contributed by atoms with van der Waals surface area (Å²) in [5.41, 5.74) is 6.06. The molecule has 0 saturated heterocycles. The number of nitrogens with zero attached hydrogens (tertiary/aromatic N) is 3. The maximum Gasteiger partial charge on any atom is 0.268 e. The monoisotopic (exact) mass is 220 g/mol. The van der Waals surface area contributed by atoms with Crippen molar-refractivity contribution in [3.05, 3.63) is 22.6 Å². The zero-order valence-electron chi connectivity index (χ0n) is 9.39. The van der Waals surface area contributed by atoms with E-state index in [0.717, 1.165) is 5.69 Å². The number of hydrogen-bond acceptors (Lipinski definition) is 4. The van der Waals surface area contributed by atoms with Crippen LogP contribution in [0, 0.1) is 12.3 Å². The number of nitrogens with two attached hydrogens (primary N) is 1. The Morgan fingerprint density at radius 2 is 2.44 bits per heavy atom. The minimum Gasteiger partial charge on any atom is -0.372 e. The van der Waals surface area contributed by atoms with Crippen LogP contribution in [0.5, 0.6) is 0 Å². The summed E-state index contributed by atoms with van der Waals surface area (Å²) in [7, 11) is 1.87. The van der Waals surface area contributed by atoms with E-state index in [-0.39, 0.29) is 5.56 Å². The van der Waals surface area contributed by atoms with Gasteiger partial charge in [-0.3, -0.25) is 4.79 Å². The predicted molar refractivity (Wildman–Crippen MR) is 64.3 cm³/mol. The van der Waals surface area contributed by atoms with Gasteiger partial charge in [0.2, 0.25) is 0 Å². The fraction of sp³-hybridized carbons (Fsp3) is 0.455. The lowest BCUT2D eigenvalue weighted by Gasteiger charge is -2.17. The Kier molecular flexibility index (Phi) is 4.55. The van der Waals surface area contributed by atoms with Crippen molar-refractivity contribution in [2.45, 2.75) is 13.0 Å². The van der Waals surface area contributed by atoms with Gasteiger partial charge in [0.15, 0.2) is 0 Å². The highest BCUT2D eigenvalue weighted by Gasteiger charge is 2.03. The highest BCUT2D eigenvalue weighted by atomic mass is 16.1. The fourth-order valence-electron chi connectivity index (χ4n) is 1.29. The average Bonchev–Trinajstić information content (AvgIpc) is 2.27. The third kappa shape index (κ3) is 3.11. The summed E-state index contributed by atoms with van der Waals surface area (Å²) in [6.07, 6.45) is 7.28. The van der Waals surface area contributed by atoms with Crippen LogP contribution in [-0.4, -0.2) is 29.9 Å². The third-order valence-corrected chi connectivity index (χ3v) is 2.23. The normalized spacial score (nSPS) is 9.81. The van der Waals surface area contributed by atoms with Crippen molar-refractivity contribution in [2.75, 3.05) is 25.0 Å². The molecule has 1 heterocycles. The molecule has 0 atom stereocenters.